The van der Waals surface area contributed by atoms with Gasteiger partial charge >= 0.3 is 0 Å². The summed E-state index contributed by atoms with van der Waals surface area (Å²) in [6.45, 7) is 9.57. The van der Waals surface area contributed by atoms with Crippen LogP contribution in [0.3, 0.4) is 0 Å². The molecule has 11 heteroatoms. The molecule has 0 radical (unpaired) electrons. The number of carbonyl (C=O) groups excluding carboxylic acids is 3. The normalized spacial score (nSPS) is 18.4. The molecule has 3 amide bonds. The van der Waals surface area contributed by atoms with E-state index in [-0.39, 0.29) is 17.7 Å². The molecule has 1 fully saturated rings. The Hall–Kier alpha value is -2.89. The Morgan fingerprint density at radius 1 is 1.17 bits per heavy atom. The van der Waals surface area contributed by atoms with Crippen LogP contribution in [-0.2, 0) is 19.1 Å². The molecule has 0 aliphatic carbocycles. The molecular weight excluding hydrogens is 480 g/mol. The minimum atomic E-state index is -0.939. The number of hydrogen-bond donors (Lipinski definition) is 3. The zero-order chi connectivity index (χ0) is 26.5. The Morgan fingerprint density at radius 2 is 1.86 bits per heavy atom. The monoisotopic (exact) mass is 516 g/mol. The van der Waals surface area contributed by atoms with E-state index < -0.39 is 29.8 Å². The van der Waals surface area contributed by atoms with Crippen LogP contribution in [0.25, 0.3) is 11.3 Å². The standard InChI is InChI=1S/C25H36N6O4S/c1-15(26-6)21(32)27-19(16(2)35-25(3,4)5)24(34)31-14-10-13-18(31)22(33)28-23-20(29-30-36-23)17-11-8-7-9-12-17/h7-9,11-12,15-16,18-19,26H,10,13-14H2,1-6H3,(H,27,32)(H,28,33)/t15-,16+,18-,19-/m0/s1. The van der Waals surface area contributed by atoms with Gasteiger partial charge in [-0.1, -0.05) is 34.8 Å². The molecule has 0 unspecified atom stereocenters. The van der Waals surface area contributed by atoms with Crippen LogP contribution >= 0.6 is 11.5 Å². The highest BCUT2D eigenvalue weighted by Crippen LogP contribution is 2.30. The molecule has 3 N–H and O–H groups in total. The van der Waals surface area contributed by atoms with Gasteiger partial charge in [0.05, 0.1) is 17.7 Å². The van der Waals surface area contributed by atoms with Crippen molar-refractivity contribution in [3.05, 3.63) is 30.3 Å². The molecule has 4 atom stereocenters. The third-order valence-electron chi connectivity index (χ3n) is 6.01. The van der Waals surface area contributed by atoms with Crippen LogP contribution < -0.4 is 16.0 Å². The van der Waals surface area contributed by atoms with E-state index in [0.717, 1.165) is 17.1 Å². The summed E-state index contributed by atoms with van der Waals surface area (Å²) in [5, 5.41) is 13.3. The number of likely N-dealkylation sites (tertiary alicyclic amines) is 1. The SMILES string of the molecule is CN[C@@H](C)C(=O)N[C@H](C(=O)N1CCC[C@H]1C(=O)Nc1snnc1-c1ccccc1)[C@@H](C)OC(C)(C)C. The molecule has 1 aromatic carbocycles. The minimum absolute atomic E-state index is 0.304. The van der Waals surface area contributed by atoms with Crippen molar-refractivity contribution in [2.45, 2.75) is 77.3 Å². The summed E-state index contributed by atoms with van der Waals surface area (Å²) in [5.74, 6) is -0.961. The van der Waals surface area contributed by atoms with Crippen LogP contribution in [-0.4, -0.2) is 75.6 Å². The maximum absolute atomic E-state index is 13.7. The second-order valence-electron chi connectivity index (χ2n) is 9.93. The van der Waals surface area contributed by atoms with Crippen molar-refractivity contribution in [2.24, 2.45) is 0 Å². The second kappa shape index (κ2) is 11.9. The van der Waals surface area contributed by atoms with Crippen LogP contribution in [0.4, 0.5) is 5.00 Å². The van der Waals surface area contributed by atoms with Gasteiger partial charge in [0.15, 0.2) is 0 Å². The smallest absolute Gasteiger partial charge is 0.248 e. The molecule has 196 valence electrons. The Balaban J connectivity index is 1.79. The van der Waals surface area contributed by atoms with Gasteiger partial charge in [-0.2, -0.15) is 0 Å². The lowest BCUT2D eigenvalue weighted by molar-refractivity contribution is -0.147. The Morgan fingerprint density at radius 3 is 2.50 bits per heavy atom. The Labute approximate surface area is 216 Å². The first-order valence-corrected chi connectivity index (χ1v) is 12.9. The first-order valence-electron chi connectivity index (χ1n) is 12.2. The van der Waals surface area contributed by atoms with Gasteiger partial charge in [0, 0.05) is 23.6 Å². The topological polar surface area (TPSA) is 126 Å². The molecule has 1 aromatic heterocycles. The highest BCUT2D eigenvalue weighted by molar-refractivity contribution is 7.10. The van der Waals surface area contributed by atoms with E-state index in [4.69, 9.17) is 4.74 Å². The number of nitrogens with zero attached hydrogens (tertiary/aromatic N) is 3. The number of rotatable bonds is 9. The van der Waals surface area contributed by atoms with Gasteiger partial charge in [0.25, 0.3) is 0 Å². The van der Waals surface area contributed by atoms with Crippen molar-refractivity contribution in [1.29, 1.82) is 0 Å². The van der Waals surface area contributed by atoms with Crippen LogP contribution in [0.5, 0.6) is 0 Å². The van der Waals surface area contributed by atoms with Crippen molar-refractivity contribution in [1.82, 2.24) is 25.1 Å². The number of ether oxygens (including phenoxy) is 1. The van der Waals surface area contributed by atoms with Crippen molar-refractivity contribution in [2.75, 3.05) is 18.9 Å². The molecule has 0 saturated carbocycles. The van der Waals surface area contributed by atoms with Crippen molar-refractivity contribution < 1.29 is 19.1 Å². The van der Waals surface area contributed by atoms with Crippen LogP contribution in [0.1, 0.15) is 47.5 Å². The molecule has 1 aliphatic rings. The van der Waals surface area contributed by atoms with E-state index in [1.807, 2.05) is 51.1 Å². The van der Waals surface area contributed by atoms with Crippen molar-refractivity contribution in [3.8, 4) is 11.3 Å². The lowest BCUT2D eigenvalue weighted by atomic mass is 10.1. The number of amides is 3. The van der Waals surface area contributed by atoms with Crippen molar-refractivity contribution >= 4 is 34.3 Å². The molecule has 2 heterocycles. The lowest BCUT2D eigenvalue weighted by Gasteiger charge is -2.34. The molecular formula is C25H36N6O4S. The molecule has 1 aliphatic heterocycles. The molecule has 2 aromatic rings. The fraction of sp³-hybridized carbons (Fsp3) is 0.560. The average molecular weight is 517 g/mol. The molecule has 0 spiro atoms. The fourth-order valence-electron chi connectivity index (χ4n) is 4.15. The number of nitrogens with one attached hydrogen (secondary N) is 3. The summed E-state index contributed by atoms with van der Waals surface area (Å²) in [6, 6.07) is 7.37. The minimum Gasteiger partial charge on any atom is -0.370 e. The van der Waals surface area contributed by atoms with Crippen LogP contribution in [0.2, 0.25) is 0 Å². The summed E-state index contributed by atoms with van der Waals surface area (Å²) < 4.78 is 10.0. The van der Waals surface area contributed by atoms with E-state index in [9.17, 15) is 14.4 Å². The maximum Gasteiger partial charge on any atom is 0.248 e. The summed E-state index contributed by atoms with van der Waals surface area (Å²) in [4.78, 5) is 41.3. The van der Waals surface area contributed by atoms with Gasteiger partial charge in [-0.05, 0) is 54.5 Å². The first kappa shape index (κ1) is 27.7. The van der Waals surface area contributed by atoms with Gasteiger partial charge in [0.2, 0.25) is 17.7 Å². The highest BCUT2D eigenvalue weighted by Gasteiger charge is 2.41. The number of aromatic nitrogens is 2. The average Bonchev–Trinajstić information content (AvgIpc) is 3.50. The molecule has 0 bridgehead atoms. The zero-order valence-electron chi connectivity index (χ0n) is 21.7. The van der Waals surface area contributed by atoms with Gasteiger partial charge in [-0.25, -0.2) is 0 Å². The predicted octanol–water partition coefficient (Wildman–Crippen LogP) is 2.43. The number of carbonyl (C=O) groups is 3. The third kappa shape index (κ3) is 6.86. The van der Waals surface area contributed by atoms with Gasteiger partial charge in [-0.3, -0.25) is 14.4 Å². The highest BCUT2D eigenvalue weighted by atomic mass is 32.1. The van der Waals surface area contributed by atoms with Crippen LogP contribution in [0.15, 0.2) is 30.3 Å². The van der Waals surface area contributed by atoms with Gasteiger partial charge in [0.1, 0.15) is 22.8 Å². The van der Waals surface area contributed by atoms with Gasteiger partial charge in [-0.15, -0.1) is 5.10 Å². The predicted molar refractivity (Wildman–Crippen MR) is 139 cm³/mol. The maximum atomic E-state index is 13.7. The number of likely N-dealkylation sites (N-methyl/N-ethyl adjacent to an activating group) is 1. The number of hydrogen-bond acceptors (Lipinski definition) is 8. The van der Waals surface area contributed by atoms with Crippen molar-refractivity contribution in [3.63, 3.8) is 0 Å². The zero-order valence-corrected chi connectivity index (χ0v) is 22.5. The summed E-state index contributed by atoms with van der Waals surface area (Å²) in [7, 11) is 1.68. The fourth-order valence-corrected chi connectivity index (χ4v) is 4.74. The van der Waals surface area contributed by atoms with E-state index in [1.54, 1.807) is 25.8 Å². The Bertz CT molecular complexity index is 1050. The summed E-state index contributed by atoms with van der Waals surface area (Å²) >= 11 is 1.09. The van der Waals surface area contributed by atoms with Gasteiger partial charge < -0.3 is 25.6 Å². The summed E-state index contributed by atoms with van der Waals surface area (Å²) in [6.07, 6.45) is 0.593. The molecule has 10 nitrogen and oxygen atoms in total. The first-order chi connectivity index (χ1) is 17.0. The lowest BCUT2D eigenvalue weighted by Crippen LogP contribution is -2.59. The molecule has 36 heavy (non-hydrogen) atoms. The molecule has 3 rings (SSSR count). The van der Waals surface area contributed by atoms with Crippen LogP contribution in [0, 0.1) is 0 Å². The molecule has 1 saturated heterocycles. The number of benzene rings is 1. The summed E-state index contributed by atoms with van der Waals surface area (Å²) in [5.41, 5.74) is 0.908. The Kier molecular flexibility index (Phi) is 9.15. The van der Waals surface area contributed by atoms with E-state index in [0.29, 0.717) is 30.1 Å². The third-order valence-corrected chi connectivity index (χ3v) is 6.65. The van der Waals surface area contributed by atoms with E-state index in [1.165, 1.54) is 0 Å². The van der Waals surface area contributed by atoms with E-state index >= 15 is 0 Å². The quantitative estimate of drug-likeness (QED) is 0.467. The largest absolute Gasteiger partial charge is 0.370 e. The second-order valence-corrected chi connectivity index (χ2v) is 10.7. The van der Waals surface area contributed by atoms with E-state index in [2.05, 4.69) is 25.5 Å². The number of anilines is 1.